The van der Waals surface area contributed by atoms with Crippen LogP contribution in [0.1, 0.15) is 0 Å². The molecule has 2 rings (SSSR count). The maximum Gasteiger partial charge on any atom is 0.176 e. The lowest BCUT2D eigenvalue weighted by Gasteiger charge is -1.86. The summed E-state index contributed by atoms with van der Waals surface area (Å²) in [5.41, 5.74) is 1.85. The molecule has 52 valence electrons. The average Bonchev–Trinajstić information content (AvgIpc) is 2.42. The van der Waals surface area contributed by atoms with Gasteiger partial charge in [-0.3, -0.25) is 0 Å². The summed E-state index contributed by atoms with van der Waals surface area (Å²) in [6.07, 6.45) is 0. The van der Waals surface area contributed by atoms with Gasteiger partial charge in [-0.25, -0.2) is 4.98 Å². The molecule has 0 N–H and O–H groups in total. The number of hydrogen-bond acceptors (Lipinski definition) is 4. The standard InChI is InChI=1S/C6H5NOS2/c1-8-5-2-4-6(10-5)7-3-9-4/h2-3H,1H3. The number of thiazole rings is 1. The third-order valence-electron chi connectivity index (χ3n) is 1.21. The van der Waals surface area contributed by atoms with E-state index in [9.17, 15) is 0 Å². The number of rotatable bonds is 1. The number of thiophene rings is 1. The van der Waals surface area contributed by atoms with E-state index in [1.54, 1.807) is 29.8 Å². The predicted molar refractivity (Wildman–Crippen MR) is 44.0 cm³/mol. The normalized spacial score (nSPS) is 10.5. The Morgan fingerprint density at radius 2 is 2.50 bits per heavy atom. The Hall–Kier alpha value is -0.610. The van der Waals surface area contributed by atoms with Crippen LogP contribution >= 0.6 is 22.7 Å². The van der Waals surface area contributed by atoms with Gasteiger partial charge in [0, 0.05) is 6.07 Å². The fourth-order valence-corrected chi connectivity index (χ4v) is 2.48. The first-order valence-corrected chi connectivity index (χ1v) is 4.47. The largest absolute Gasteiger partial charge is 0.487 e. The summed E-state index contributed by atoms with van der Waals surface area (Å²) >= 11 is 3.22. The fraction of sp³-hybridized carbons (Fsp3) is 0.167. The number of fused-ring (bicyclic) bond motifs is 1. The van der Waals surface area contributed by atoms with Crippen LogP contribution in [0, 0.1) is 0 Å². The Morgan fingerprint density at radius 1 is 1.60 bits per heavy atom. The molecule has 0 fully saturated rings. The van der Waals surface area contributed by atoms with E-state index < -0.39 is 0 Å². The molecule has 0 unspecified atom stereocenters. The second kappa shape index (κ2) is 2.21. The molecule has 10 heavy (non-hydrogen) atoms. The van der Waals surface area contributed by atoms with Gasteiger partial charge in [0.25, 0.3) is 0 Å². The summed E-state index contributed by atoms with van der Waals surface area (Å²) in [6, 6.07) is 2.01. The topological polar surface area (TPSA) is 22.1 Å². The molecule has 0 amide bonds. The van der Waals surface area contributed by atoms with Gasteiger partial charge in [-0.1, -0.05) is 11.3 Å². The van der Waals surface area contributed by atoms with Crippen molar-refractivity contribution < 1.29 is 4.74 Å². The minimum Gasteiger partial charge on any atom is -0.487 e. The van der Waals surface area contributed by atoms with Gasteiger partial charge in [-0.05, 0) is 0 Å². The predicted octanol–water partition coefficient (Wildman–Crippen LogP) is 2.37. The van der Waals surface area contributed by atoms with Gasteiger partial charge in [0.2, 0.25) is 0 Å². The number of ether oxygens (including phenoxy) is 1. The number of hydrogen-bond donors (Lipinski definition) is 0. The molecule has 0 aliphatic carbocycles. The highest BCUT2D eigenvalue weighted by atomic mass is 32.1. The lowest BCUT2D eigenvalue weighted by atomic mass is 10.6. The molecule has 0 saturated carbocycles. The second-order valence-electron chi connectivity index (χ2n) is 1.79. The lowest BCUT2D eigenvalue weighted by Crippen LogP contribution is -1.73. The smallest absolute Gasteiger partial charge is 0.176 e. The zero-order valence-corrected chi connectivity index (χ0v) is 6.96. The molecule has 2 aromatic heterocycles. The molecular formula is C6H5NOS2. The molecule has 0 aliphatic heterocycles. The zero-order chi connectivity index (χ0) is 6.97. The zero-order valence-electron chi connectivity index (χ0n) is 5.33. The summed E-state index contributed by atoms with van der Waals surface area (Å²) in [4.78, 5) is 5.22. The van der Waals surface area contributed by atoms with E-state index in [1.807, 2.05) is 11.6 Å². The van der Waals surface area contributed by atoms with E-state index in [1.165, 1.54) is 4.70 Å². The minimum atomic E-state index is 0.939. The van der Waals surface area contributed by atoms with Crippen molar-refractivity contribution in [3.63, 3.8) is 0 Å². The maximum atomic E-state index is 5.04. The van der Waals surface area contributed by atoms with Crippen LogP contribution in [0.25, 0.3) is 9.53 Å². The highest BCUT2D eigenvalue weighted by Crippen LogP contribution is 2.32. The fourth-order valence-electron chi connectivity index (χ4n) is 0.750. The summed E-state index contributed by atoms with van der Waals surface area (Å²) in [5.74, 6) is 0. The van der Waals surface area contributed by atoms with E-state index in [4.69, 9.17) is 4.74 Å². The van der Waals surface area contributed by atoms with Crippen molar-refractivity contribution >= 4 is 32.2 Å². The summed E-state index contributed by atoms with van der Waals surface area (Å²) in [5, 5.41) is 0.939. The third-order valence-corrected chi connectivity index (χ3v) is 3.12. The molecular weight excluding hydrogens is 166 g/mol. The quantitative estimate of drug-likeness (QED) is 0.657. The van der Waals surface area contributed by atoms with Crippen molar-refractivity contribution in [1.82, 2.24) is 4.98 Å². The van der Waals surface area contributed by atoms with Gasteiger partial charge in [0.05, 0.1) is 17.3 Å². The van der Waals surface area contributed by atoms with E-state index >= 15 is 0 Å². The Morgan fingerprint density at radius 3 is 3.20 bits per heavy atom. The summed E-state index contributed by atoms with van der Waals surface area (Å²) in [7, 11) is 1.68. The Labute approximate surface area is 66.1 Å². The van der Waals surface area contributed by atoms with E-state index in [2.05, 4.69) is 4.98 Å². The van der Waals surface area contributed by atoms with Gasteiger partial charge < -0.3 is 4.74 Å². The van der Waals surface area contributed by atoms with Gasteiger partial charge in [-0.15, -0.1) is 11.3 Å². The first kappa shape index (κ1) is 6.12. The number of aromatic nitrogens is 1. The highest BCUT2D eigenvalue weighted by Gasteiger charge is 2.01. The van der Waals surface area contributed by atoms with Crippen molar-refractivity contribution in [1.29, 1.82) is 0 Å². The molecule has 0 radical (unpaired) electrons. The molecule has 0 aliphatic rings. The molecule has 4 heteroatoms. The molecule has 0 aromatic carbocycles. The first-order chi connectivity index (χ1) is 4.90. The Bertz CT molecular complexity index is 309. The monoisotopic (exact) mass is 171 g/mol. The van der Waals surface area contributed by atoms with Crippen LogP contribution in [0.3, 0.4) is 0 Å². The molecule has 0 saturated heterocycles. The molecule has 2 aromatic rings. The number of nitrogens with zero attached hydrogens (tertiary/aromatic N) is 1. The van der Waals surface area contributed by atoms with E-state index in [0.29, 0.717) is 0 Å². The van der Waals surface area contributed by atoms with Crippen molar-refractivity contribution in [2.45, 2.75) is 0 Å². The van der Waals surface area contributed by atoms with Crippen LogP contribution in [-0.4, -0.2) is 12.1 Å². The Kier molecular flexibility index (Phi) is 1.35. The van der Waals surface area contributed by atoms with Crippen LogP contribution in [0.5, 0.6) is 5.06 Å². The molecule has 0 spiro atoms. The average molecular weight is 171 g/mol. The number of methoxy groups -OCH3 is 1. The third kappa shape index (κ3) is 0.803. The van der Waals surface area contributed by atoms with Gasteiger partial charge in [-0.2, -0.15) is 0 Å². The van der Waals surface area contributed by atoms with Crippen molar-refractivity contribution in [2.75, 3.05) is 7.11 Å². The Balaban J connectivity index is 2.67. The van der Waals surface area contributed by atoms with E-state index in [0.717, 1.165) is 9.89 Å². The van der Waals surface area contributed by atoms with Crippen LogP contribution < -0.4 is 4.74 Å². The molecule has 2 nitrogen and oxygen atoms in total. The van der Waals surface area contributed by atoms with Crippen molar-refractivity contribution in [2.24, 2.45) is 0 Å². The molecule has 0 bridgehead atoms. The molecule has 0 atom stereocenters. The van der Waals surface area contributed by atoms with E-state index in [-0.39, 0.29) is 0 Å². The second-order valence-corrected chi connectivity index (χ2v) is 3.67. The van der Waals surface area contributed by atoms with Crippen LogP contribution in [-0.2, 0) is 0 Å². The molecule has 2 heterocycles. The van der Waals surface area contributed by atoms with Gasteiger partial charge in [0.1, 0.15) is 4.83 Å². The SMILES string of the molecule is COc1cc2scnc2s1. The van der Waals surface area contributed by atoms with Crippen LogP contribution in [0.15, 0.2) is 11.6 Å². The van der Waals surface area contributed by atoms with Gasteiger partial charge >= 0.3 is 0 Å². The lowest BCUT2D eigenvalue weighted by molar-refractivity contribution is 0.427. The van der Waals surface area contributed by atoms with Gasteiger partial charge in [0.15, 0.2) is 5.06 Å². The van der Waals surface area contributed by atoms with Crippen LogP contribution in [0.2, 0.25) is 0 Å². The van der Waals surface area contributed by atoms with Crippen molar-refractivity contribution in [3.8, 4) is 5.06 Å². The van der Waals surface area contributed by atoms with Crippen LogP contribution in [0.4, 0.5) is 0 Å². The first-order valence-electron chi connectivity index (χ1n) is 2.77. The summed E-state index contributed by atoms with van der Waals surface area (Å²) in [6.45, 7) is 0. The highest BCUT2D eigenvalue weighted by molar-refractivity contribution is 7.27. The maximum absolute atomic E-state index is 5.04. The minimum absolute atomic E-state index is 0.939. The van der Waals surface area contributed by atoms with Crippen molar-refractivity contribution in [3.05, 3.63) is 11.6 Å². The summed E-state index contributed by atoms with van der Waals surface area (Å²) < 4.78 is 6.25.